The minimum atomic E-state index is -2.67. The van der Waals surface area contributed by atoms with Gasteiger partial charge in [-0.1, -0.05) is 11.4 Å². The normalized spacial score (nSPS) is 15.2. The fourth-order valence-electron chi connectivity index (χ4n) is 0.739. The monoisotopic (exact) mass is 240 g/mol. The summed E-state index contributed by atoms with van der Waals surface area (Å²) < 4.78 is 21.4. The van der Waals surface area contributed by atoms with Crippen molar-refractivity contribution in [1.29, 1.82) is 0 Å². The lowest BCUT2D eigenvalue weighted by atomic mass is 10.5. The quantitative estimate of drug-likeness (QED) is 0.527. The molecule has 0 saturated carbocycles. The maximum Gasteiger partial charge on any atom is 0.316 e. The molecule has 0 aromatic heterocycles. The first kappa shape index (κ1) is 14.0. The number of hydrogen-bond acceptors (Lipinski definition) is 5. The van der Waals surface area contributed by atoms with Gasteiger partial charge in [0, 0.05) is 6.66 Å². The summed E-state index contributed by atoms with van der Waals surface area (Å²) in [6.45, 7) is 4.53. The smallest absolute Gasteiger partial charge is 0.316 e. The van der Waals surface area contributed by atoms with Gasteiger partial charge >= 0.3 is 5.97 Å². The minimum Gasteiger partial charge on any atom is -0.462 e. The van der Waals surface area contributed by atoms with Crippen LogP contribution in [-0.4, -0.2) is 31.1 Å². The number of esters is 1. The average Bonchev–Trinajstić information content (AvgIpc) is 2.00. The Balaban J connectivity index is 3.82. The lowest BCUT2D eigenvalue weighted by Crippen LogP contribution is -2.13. The van der Waals surface area contributed by atoms with E-state index in [4.69, 9.17) is 9.26 Å². The highest BCUT2D eigenvalue weighted by Gasteiger charge is 2.18. The van der Waals surface area contributed by atoms with Crippen molar-refractivity contribution < 1.29 is 18.6 Å². The van der Waals surface area contributed by atoms with Crippen LogP contribution in [0.25, 0.3) is 0 Å². The highest BCUT2D eigenvalue weighted by atomic mass is 32.7. The topological polar surface area (TPSA) is 52.6 Å². The molecule has 0 aromatic carbocycles. The molecule has 0 aliphatic heterocycles. The first-order chi connectivity index (χ1) is 6.37. The summed E-state index contributed by atoms with van der Waals surface area (Å²) in [7, 11) is 0. The number of carbonyl (C=O) groups excluding carboxylic acids is 1. The molecule has 0 fully saturated rings. The number of ether oxygens (including phenoxy) is 1. The second-order valence-electron chi connectivity index (χ2n) is 3.00. The van der Waals surface area contributed by atoms with Crippen molar-refractivity contribution in [3.8, 4) is 0 Å². The van der Waals surface area contributed by atoms with E-state index < -0.39 is 6.57 Å². The molecule has 0 radical (unpaired) electrons. The summed E-state index contributed by atoms with van der Waals surface area (Å²) in [5, 5.41) is 0. The van der Waals surface area contributed by atoms with Gasteiger partial charge in [-0.25, -0.2) is 0 Å². The first-order valence-corrected chi connectivity index (χ1v) is 8.09. The van der Waals surface area contributed by atoms with Crippen LogP contribution >= 0.6 is 18.0 Å². The molecule has 1 atom stereocenters. The third-order valence-electron chi connectivity index (χ3n) is 1.15. The van der Waals surface area contributed by atoms with E-state index in [9.17, 15) is 9.36 Å². The van der Waals surface area contributed by atoms with Crippen molar-refractivity contribution in [2.45, 2.75) is 26.9 Å². The molecule has 0 rings (SSSR count). The molecule has 0 aromatic rings. The standard InChI is InChI=1S/C8H17O4PS/c1-5-11-13(4,10)14-6-8(9)12-7(2)3/h7H,5-6H2,1-4H3. The van der Waals surface area contributed by atoms with Crippen molar-refractivity contribution in [3.63, 3.8) is 0 Å². The molecule has 0 saturated heterocycles. The number of rotatable bonds is 6. The summed E-state index contributed by atoms with van der Waals surface area (Å²) in [5.41, 5.74) is 0. The van der Waals surface area contributed by atoms with Gasteiger partial charge < -0.3 is 9.26 Å². The van der Waals surface area contributed by atoms with E-state index in [1.807, 2.05) is 0 Å². The van der Waals surface area contributed by atoms with Gasteiger partial charge in [-0.15, -0.1) is 0 Å². The van der Waals surface area contributed by atoms with E-state index >= 15 is 0 Å². The van der Waals surface area contributed by atoms with Crippen LogP contribution < -0.4 is 0 Å². The molecule has 0 heterocycles. The lowest BCUT2D eigenvalue weighted by Gasteiger charge is -2.12. The Morgan fingerprint density at radius 1 is 1.50 bits per heavy atom. The maximum absolute atomic E-state index is 11.5. The van der Waals surface area contributed by atoms with Crippen molar-refractivity contribution in [1.82, 2.24) is 0 Å². The van der Waals surface area contributed by atoms with Crippen LogP contribution in [0.4, 0.5) is 0 Å². The summed E-state index contributed by atoms with van der Waals surface area (Å²) in [6, 6.07) is 0. The Labute approximate surface area is 88.9 Å². The van der Waals surface area contributed by atoms with Crippen molar-refractivity contribution in [2.75, 3.05) is 19.0 Å². The third-order valence-corrected chi connectivity index (χ3v) is 4.82. The van der Waals surface area contributed by atoms with E-state index in [0.29, 0.717) is 6.61 Å². The van der Waals surface area contributed by atoms with Gasteiger partial charge in [0.2, 0.25) is 0 Å². The molecule has 0 aliphatic rings. The van der Waals surface area contributed by atoms with Gasteiger partial charge in [-0.2, -0.15) is 0 Å². The van der Waals surface area contributed by atoms with Crippen LogP contribution in [0.3, 0.4) is 0 Å². The van der Waals surface area contributed by atoms with E-state index in [0.717, 1.165) is 11.4 Å². The predicted molar refractivity (Wildman–Crippen MR) is 58.8 cm³/mol. The van der Waals surface area contributed by atoms with E-state index in [2.05, 4.69) is 0 Å². The highest BCUT2D eigenvalue weighted by Crippen LogP contribution is 2.55. The van der Waals surface area contributed by atoms with Gasteiger partial charge in [0.15, 0.2) is 0 Å². The number of hydrogen-bond donors (Lipinski definition) is 0. The molecule has 0 amide bonds. The van der Waals surface area contributed by atoms with Gasteiger partial charge in [-0.05, 0) is 20.8 Å². The Hall–Kier alpha value is 0.0100. The van der Waals surface area contributed by atoms with Gasteiger partial charge in [0.1, 0.15) is 5.75 Å². The second kappa shape index (κ2) is 6.49. The summed E-state index contributed by atoms with van der Waals surface area (Å²) in [6.07, 6.45) is -0.133. The van der Waals surface area contributed by atoms with Gasteiger partial charge in [-0.3, -0.25) is 9.36 Å². The largest absolute Gasteiger partial charge is 0.462 e. The molecule has 0 bridgehead atoms. The Bertz CT molecular complexity index is 229. The summed E-state index contributed by atoms with van der Waals surface area (Å²) in [5.74, 6) is -0.279. The zero-order valence-electron chi connectivity index (χ0n) is 8.98. The van der Waals surface area contributed by atoms with Crippen molar-refractivity contribution in [3.05, 3.63) is 0 Å². The van der Waals surface area contributed by atoms with E-state index in [1.165, 1.54) is 6.66 Å². The van der Waals surface area contributed by atoms with Crippen LogP contribution in [0.15, 0.2) is 0 Å². The summed E-state index contributed by atoms with van der Waals surface area (Å²) in [4.78, 5) is 11.1. The second-order valence-corrected chi connectivity index (χ2v) is 8.11. The van der Waals surface area contributed by atoms with Crippen molar-refractivity contribution in [2.24, 2.45) is 0 Å². The van der Waals surface area contributed by atoms with Gasteiger partial charge in [0.25, 0.3) is 6.57 Å². The van der Waals surface area contributed by atoms with Crippen LogP contribution in [0.1, 0.15) is 20.8 Å². The average molecular weight is 240 g/mol. The van der Waals surface area contributed by atoms with Crippen LogP contribution in [0.2, 0.25) is 0 Å². The van der Waals surface area contributed by atoms with Gasteiger partial charge in [0.05, 0.1) is 12.7 Å². The predicted octanol–water partition coefficient (Wildman–Crippen LogP) is 2.53. The molecule has 1 unspecified atom stereocenters. The fourth-order valence-corrected chi connectivity index (χ4v) is 3.25. The first-order valence-electron chi connectivity index (χ1n) is 4.43. The molecule has 0 spiro atoms. The maximum atomic E-state index is 11.5. The molecule has 14 heavy (non-hydrogen) atoms. The lowest BCUT2D eigenvalue weighted by molar-refractivity contribution is -0.144. The molecular weight excluding hydrogens is 223 g/mol. The van der Waals surface area contributed by atoms with E-state index in [1.54, 1.807) is 20.8 Å². The Morgan fingerprint density at radius 3 is 2.50 bits per heavy atom. The van der Waals surface area contributed by atoms with Crippen molar-refractivity contribution >= 4 is 23.9 Å². The zero-order valence-corrected chi connectivity index (χ0v) is 10.7. The molecule has 6 heteroatoms. The third kappa shape index (κ3) is 7.42. The Kier molecular flexibility index (Phi) is 6.49. The molecule has 0 aliphatic carbocycles. The molecular formula is C8H17O4PS. The van der Waals surface area contributed by atoms with E-state index in [-0.39, 0.29) is 17.8 Å². The Morgan fingerprint density at radius 2 is 2.07 bits per heavy atom. The van der Waals surface area contributed by atoms with Crippen LogP contribution in [-0.2, 0) is 18.6 Å². The number of carbonyl (C=O) groups is 1. The fraction of sp³-hybridized carbons (Fsp3) is 0.875. The minimum absolute atomic E-state index is 0.0754. The van der Waals surface area contributed by atoms with Crippen LogP contribution in [0, 0.1) is 0 Å². The van der Waals surface area contributed by atoms with Crippen LogP contribution in [0.5, 0.6) is 0 Å². The SMILES string of the molecule is CCOP(C)(=O)SCC(=O)OC(C)C. The highest BCUT2D eigenvalue weighted by molar-refractivity contribution is 8.56. The molecule has 0 N–H and O–H groups in total. The molecule has 84 valence electrons. The zero-order chi connectivity index (χ0) is 11.2. The molecule has 4 nitrogen and oxygen atoms in total. The summed E-state index contributed by atoms with van der Waals surface area (Å²) >= 11 is 1.01.